The highest BCUT2D eigenvalue weighted by molar-refractivity contribution is 6.30. The number of anilines is 3. The normalized spacial score (nSPS) is 19.1. The Morgan fingerprint density at radius 3 is 2.51 bits per heavy atom. The lowest BCUT2D eigenvalue weighted by Crippen LogP contribution is -2.51. The third kappa shape index (κ3) is 8.09. The van der Waals surface area contributed by atoms with Gasteiger partial charge in [0.25, 0.3) is 0 Å². The Balaban J connectivity index is 1.13. The smallest absolute Gasteiger partial charge is 0.309 e. The van der Waals surface area contributed by atoms with Crippen LogP contribution < -0.4 is 10.6 Å². The number of carbonyl (C=O) groups excluding carboxylic acids is 2. The second-order valence-corrected chi connectivity index (χ2v) is 12.8. The van der Waals surface area contributed by atoms with Gasteiger partial charge in [0.15, 0.2) is 0 Å². The molecule has 1 aromatic carbocycles. The predicted molar refractivity (Wildman–Crippen MR) is 165 cm³/mol. The van der Waals surface area contributed by atoms with E-state index < -0.39 is 17.8 Å². The fraction of sp³-hybridized carbons (Fsp3) is 0.484. The van der Waals surface area contributed by atoms with Crippen LogP contribution >= 0.6 is 11.6 Å². The Kier molecular flexibility index (Phi) is 10.2. The lowest BCUT2D eigenvalue weighted by Gasteiger charge is -2.44. The van der Waals surface area contributed by atoms with Crippen LogP contribution in [0, 0.1) is 23.1 Å². The molecule has 2 aliphatic rings. The van der Waals surface area contributed by atoms with Crippen molar-refractivity contribution in [1.82, 2.24) is 25.1 Å². The number of carbonyl (C=O) groups is 2. The Labute approximate surface area is 265 Å². The van der Waals surface area contributed by atoms with Crippen LogP contribution in [0.15, 0.2) is 36.7 Å². The molecule has 4 N–H and O–H groups in total. The molecule has 240 valence electrons. The molecule has 3 aromatic rings. The number of nitrogens with zero attached hydrogens (tertiary/aromatic N) is 5. The van der Waals surface area contributed by atoms with Gasteiger partial charge in [-0.05, 0) is 63.0 Å². The predicted octanol–water partition coefficient (Wildman–Crippen LogP) is 3.95. The van der Waals surface area contributed by atoms with Crippen LogP contribution in [0.3, 0.4) is 0 Å². The molecule has 5 rings (SSSR count). The van der Waals surface area contributed by atoms with E-state index in [0.717, 1.165) is 13.1 Å². The average molecular weight is 642 g/mol. The fourth-order valence-electron chi connectivity index (χ4n) is 5.36. The van der Waals surface area contributed by atoms with Gasteiger partial charge in [0, 0.05) is 34.0 Å². The molecule has 1 aliphatic carbocycles. The van der Waals surface area contributed by atoms with Gasteiger partial charge < -0.3 is 30.5 Å². The van der Waals surface area contributed by atoms with E-state index in [1.54, 1.807) is 6.07 Å². The number of nitrogens with one attached hydrogen (secondary N) is 2. The Bertz CT molecular complexity index is 1530. The zero-order valence-corrected chi connectivity index (χ0v) is 25.9. The molecule has 0 radical (unpaired) electrons. The van der Waals surface area contributed by atoms with Gasteiger partial charge in [-0.25, -0.2) is 14.4 Å². The summed E-state index contributed by atoms with van der Waals surface area (Å²) >= 11 is 6.03. The van der Waals surface area contributed by atoms with Crippen molar-refractivity contribution in [3.05, 3.63) is 53.2 Å². The molecule has 45 heavy (non-hydrogen) atoms. The Morgan fingerprint density at radius 2 is 1.80 bits per heavy atom. The molecule has 1 aliphatic heterocycles. The summed E-state index contributed by atoms with van der Waals surface area (Å²) in [5.74, 6) is -0.538. The number of aliphatic hydroxyl groups is 2. The standard InChI is InChI=1S/C31H37ClFN7O5/c1-31(2,15-42)16-45-30(44)18-5-7-40(8-6-18)21-9-19(10-21)29(43)37-28-13-27(34-17-35-28)36-25-12-24(38-39-26(25)14-41)22-11-20(32)3-4-23(22)33/h3-4,11-13,17-19,21,41-42H,5-10,14-16H2,1-2H3,(H2,34,35,36,37,38,43). The topological polar surface area (TPSA) is 163 Å². The van der Waals surface area contributed by atoms with Crippen LogP contribution in [0.1, 0.15) is 45.2 Å². The van der Waals surface area contributed by atoms with Gasteiger partial charge in [-0.2, -0.15) is 5.10 Å². The maximum Gasteiger partial charge on any atom is 0.309 e. The van der Waals surface area contributed by atoms with Crippen molar-refractivity contribution >= 4 is 40.8 Å². The van der Waals surface area contributed by atoms with E-state index in [4.69, 9.17) is 16.3 Å². The third-order valence-corrected chi connectivity index (χ3v) is 8.54. The first-order valence-corrected chi connectivity index (χ1v) is 15.3. The number of hydrogen-bond donors (Lipinski definition) is 4. The molecule has 2 fully saturated rings. The van der Waals surface area contributed by atoms with Crippen molar-refractivity contribution in [2.45, 2.75) is 52.2 Å². The van der Waals surface area contributed by atoms with Gasteiger partial charge in [0.1, 0.15) is 29.5 Å². The summed E-state index contributed by atoms with van der Waals surface area (Å²) in [5, 5.41) is 33.4. The molecule has 0 unspecified atom stereocenters. The summed E-state index contributed by atoms with van der Waals surface area (Å²) in [6.07, 6.45) is 4.15. The van der Waals surface area contributed by atoms with E-state index in [9.17, 15) is 24.2 Å². The van der Waals surface area contributed by atoms with Crippen LogP contribution in [0.25, 0.3) is 11.3 Å². The lowest BCUT2D eigenvalue weighted by molar-refractivity contribution is -0.154. The molecule has 0 spiro atoms. The van der Waals surface area contributed by atoms with E-state index in [-0.39, 0.29) is 59.9 Å². The second kappa shape index (κ2) is 14.1. The number of ether oxygens (including phenoxy) is 1. The van der Waals surface area contributed by atoms with Gasteiger partial charge in [0.05, 0.1) is 37.1 Å². The highest BCUT2D eigenvalue weighted by Crippen LogP contribution is 2.35. The zero-order chi connectivity index (χ0) is 32.1. The summed E-state index contributed by atoms with van der Waals surface area (Å²) in [5.41, 5.74) is 0.486. The van der Waals surface area contributed by atoms with Crippen molar-refractivity contribution in [1.29, 1.82) is 0 Å². The van der Waals surface area contributed by atoms with E-state index in [2.05, 4.69) is 35.7 Å². The van der Waals surface area contributed by atoms with E-state index >= 15 is 0 Å². The SMILES string of the molecule is CC(C)(CO)COC(=O)C1CCN(C2CC(C(=O)Nc3cc(Nc4cc(-c5cc(Cl)ccc5F)nnc4CO)ncn3)C2)CC1. The van der Waals surface area contributed by atoms with E-state index in [0.29, 0.717) is 48.0 Å². The quantitative estimate of drug-likeness (QED) is 0.224. The summed E-state index contributed by atoms with van der Waals surface area (Å²) in [4.78, 5) is 36.2. The molecular formula is C31H37ClFN7O5. The highest BCUT2D eigenvalue weighted by Gasteiger charge is 2.40. The minimum absolute atomic E-state index is 0.0468. The number of aromatic nitrogens is 4. The summed E-state index contributed by atoms with van der Waals surface area (Å²) in [7, 11) is 0. The van der Waals surface area contributed by atoms with Crippen LogP contribution in [0.5, 0.6) is 0 Å². The zero-order valence-electron chi connectivity index (χ0n) is 25.2. The summed E-state index contributed by atoms with van der Waals surface area (Å²) in [6, 6.07) is 7.48. The van der Waals surface area contributed by atoms with Gasteiger partial charge in [-0.3, -0.25) is 9.59 Å². The molecule has 14 heteroatoms. The largest absolute Gasteiger partial charge is 0.465 e. The maximum absolute atomic E-state index is 14.4. The fourth-order valence-corrected chi connectivity index (χ4v) is 5.53. The van der Waals surface area contributed by atoms with Gasteiger partial charge in [0.2, 0.25) is 5.91 Å². The number of hydrogen-bond acceptors (Lipinski definition) is 11. The lowest BCUT2D eigenvalue weighted by atomic mass is 9.77. The first-order chi connectivity index (χ1) is 21.5. The first-order valence-electron chi connectivity index (χ1n) is 14.9. The monoisotopic (exact) mass is 641 g/mol. The van der Waals surface area contributed by atoms with Crippen LogP contribution in [-0.4, -0.2) is 79.5 Å². The van der Waals surface area contributed by atoms with Gasteiger partial charge in [-0.15, -0.1) is 5.10 Å². The van der Waals surface area contributed by atoms with Crippen molar-refractivity contribution in [3.8, 4) is 11.3 Å². The third-order valence-electron chi connectivity index (χ3n) is 8.30. The molecule has 12 nitrogen and oxygen atoms in total. The van der Waals surface area contributed by atoms with Crippen molar-refractivity contribution in [3.63, 3.8) is 0 Å². The number of rotatable bonds is 11. The van der Waals surface area contributed by atoms with E-state index in [1.165, 1.54) is 30.6 Å². The first kappa shape index (κ1) is 32.6. The molecule has 0 bridgehead atoms. The molecular weight excluding hydrogens is 605 g/mol. The molecule has 1 amide bonds. The minimum atomic E-state index is -0.523. The van der Waals surface area contributed by atoms with E-state index in [1.807, 2.05) is 13.8 Å². The number of aliphatic hydroxyl groups excluding tert-OH is 2. The minimum Gasteiger partial charge on any atom is -0.465 e. The van der Waals surface area contributed by atoms with Crippen LogP contribution in [0.4, 0.5) is 21.7 Å². The molecule has 2 aromatic heterocycles. The highest BCUT2D eigenvalue weighted by atomic mass is 35.5. The number of benzene rings is 1. The van der Waals surface area contributed by atoms with Gasteiger partial charge in [-0.1, -0.05) is 25.4 Å². The summed E-state index contributed by atoms with van der Waals surface area (Å²) in [6.45, 7) is 4.98. The number of halogens is 2. The van der Waals surface area contributed by atoms with Crippen molar-refractivity contribution in [2.75, 3.05) is 36.9 Å². The molecule has 0 atom stereocenters. The maximum atomic E-state index is 14.4. The number of esters is 1. The Hall–Kier alpha value is -3.78. The van der Waals surface area contributed by atoms with Crippen molar-refractivity contribution in [2.24, 2.45) is 17.3 Å². The van der Waals surface area contributed by atoms with Crippen LogP contribution in [-0.2, 0) is 20.9 Å². The van der Waals surface area contributed by atoms with Gasteiger partial charge >= 0.3 is 5.97 Å². The second-order valence-electron chi connectivity index (χ2n) is 12.3. The molecule has 1 saturated heterocycles. The number of likely N-dealkylation sites (tertiary alicyclic amines) is 1. The number of piperidine rings is 1. The van der Waals surface area contributed by atoms with Crippen molar-refractivity contribution < 1.29 is 28.9 Å². The molecule has 1 saturated carbocycles. The number of amides is 1. The van der Waals surface area contributed by atoms with Crippen LogP contribution in [0.2, 0.25) is 5.02 Å². The average Bonchev–Trinajstić information content (AvgIpc) is 3.01. The molecule has 3 heterocycles. The summed E-state index contributed by atoms with van der Waals surface area (Å²) < 4.78 is 19.9. The Morgan fingerprint density at radius 1 is 1.07 bits per heavy atom.